The van der Waals surface area contributed by atoms with Gasteiger partial charge in [0.1, 0.15) is 5.82 Å². The average molecular weight is 478 g/mol. The van der Waals surface area contributed by atoms with Crippen molar-refractivity contribution in [3.63, 3.8) is 0 Å². The van der Waals surface area contributed by atoms with Gasteiger partial charge in [-0.15, -0.1) is 0 Å². The lowest BCUT2D eigenvalue weighted by atomic mass is 9.43. The van der Waals surface area contributed by atoms with Gasteiger partial charge in [0, 0.05) is 12.4 Å². The van der Waals surface area contributed by atoms with Crippen molar-refractivity contribution in [2.75, 3.05) is 6.54 Å². The minimum Gasteiger partial charge on any atom is -0.405 e. The fraction of sp³-hybridized carbons (Fsp3) is 0.536. The number of hydrogen-bond acceptors (Lipinski definition) is 4. The largest absolute Gasteiger partial charge is 0.463 e. The first-order valence-corrected chi connectivity index (χ1v) is 12.8. The van der Waals surface area contributed by atoms with Crippen LogP contribution in [0.2, 0.25) is 5.82 Å². The highest BCUT2D eigenvalue weighted by molar-refractivity contribution is 6.47. The molecule has 6 unspecified atom stereocenters. The molecule has 4 fully saturated rings. The van der Waals surface area contributed by atoms with E-state index in [-0.39, 0.29) is 34.7 Å². The van der Waals surface area contributed by atoms with Crippen LogP contribution >= 0.6 is 0 Å². The molecule has 6 atom stereocenters. The summed E-state index contributed by atoms with van der Waals surface area (Å²) in [7, 11) is -0.434. The quantitative estimate of drug-likeness (QED) is 0.559. The van der Waals surface area contributed by atoms with E-state index < -0.39 is 13.2 Å². The number of hydrogen-bond donors (Lipinski definition) is 2. The molecule has 186 valence electrons. The molecule has 35 heavy (non-hydrogen) atoms. The Morgan fingerprint density at radius 2 is 1.77 bits per heavy atom. The summed E-state index contributed by atoms with van der Waals surface area (Å²) in [5.74, 6) is 0.557. The lowest BCUT2D eigenvalue weighted by Crippen LogP contribution is -2.65. The maximum absolute atomic E-state index is 13.5. The third kappa shape index (κ3) is 4.66. The van der Waals surface area contributed by atoms with Crippen LogP contribution in [-0.2, 0) is 26.9 Å². The Hall–Kier alpha value is -2.22. The van der Waals surface area contributed by atoms with Crippen molar-refractivity contribution in [2.24, 2.45) is 23.0 Å². The summed E-state index contributed by atoms with van der Waals surface area (Å²) in [6.45, 7) is 7.26. The van der Waals surface area contributed by atoms with Crippen molar-refractivity contribution < 1.29 is 18.5 Å². The minimum atomic E-state index is -0.637. The lowest BCUT2D eigenvalue weighted by Gasteiger charge is -2.64. The number of nitrogens with two attached hydrogens (primary N) is 1. The Bertz CT molecular complexity index is 1050. The number of carbonyl (C=O) groups is 1. The molecule has 1 aliphatic heterocycles. The normalized spacial score (nSPS) is 30.2. The highest BCUT2D eigenvalue weighted by atomic mass is 19.1. The summed E-state index contributed by atoms with van der Waals surface area (Å²) in [4.78, 5) is 12.9. The molecule has 0 radical (unpaired) electrons. The second kappa shape index (κ2) is 9.34. The monoisotopic (exact) mass is 478 g/mol. The van der Waals surface area contributed by atoms with Crippen molar-refractivity contribution in [3.8, 4) is 0 Å². The molecule has 5 nitrogen and oxygen atoms in total. The van der Waals surface area contributed by atoms with Crippen LogP contribution < -0.4 is 11.1 Å². The Labute approximate surface area is 208 Å². The van der Waals surface area contributed by atoms with Gasteiger partial charge in [0.05, 0.1) is 17.7 Å². The molecular formula is C28H36BFN2O3. The minimum absolute atomic E-state index is 0.0658. The number of halogens is 1. The molecular weight excluding hydrogens is 442 g/mol. The van der Waals surface area contributed by atoms with E-state index in [1.807, 2.05) is 30.3 Å². The van der Waals surface area contributed by atoms with Crippen molar-refractivity contribution in [1.29, 1.82) is 0 Å². The molecule has 2 aromatic rings. The first kappa shape index (κ1) is 24.5. The van der Waals surface area contributed by atoms with E-state index in [2.05, 4.69) is 26.1 Å². The summed E-state index contributed by atoms with van der Waals surface area (Å²) in [5, 5.41) is 3.05. The number of carbonyl (C=O) groups excluding carboxylic acids is 1. The predicted octanol–water partition coefficient (Wildman–Crippen LogP) is 4.15. The molecule has 3 N–H and O–H groups in total. The number of rotatable bonds is 8. The maximum Gasteiger partial charge on any atom is 0.463 e. The van der Waals surface area contributed by atoms with Crippen LogP contribution in [0.1, 0.15) is 44.7 Å². The van der Waals surface area contributed by atoms with Gasteiger partial charge < -0.3 is 20.4 Å². The van der Waals surface area contributed by atoms with Gasteiger partial charge in [0.2, 0.25) is 5.91 Å². The van der Waals surface area contributed by atoms with Crippen molar-refractivity contribution >= 4 is 13.0 Å². The van der Waals surface area contributed by atoms with E-state index >= 15 is 0 Å². The van der Waals surface area contributed by atoms with Gasteiger partial charge in [-0.2, -0.15) is 0 Å². The van der Waals surface area contributed by atoms with Crippen LogP contribution in [0, 0.1) is 23.1 Å². The molecule has 3 aliphatic carbocycles. The highest BCUT2D eigenvalue weighted by Crippen LogP contribution is 2.66. The van der Waals surface area contributed by atoms with Gasteiger partial charge in [-0.25, -0.2) is 4.39 Å². The second-order valence-electron chi connectivity index (χ2n) is 11.5. The van der Waals surface area contributed by atoms with Gasteiger partial charge in [-0.05, 0) is 73.1 Å². The van der Waals surface area contributed by atoms with Gasteiger partial charge in [0.15, 0.2) is 0 Å². The zero-order valence-corrected chi connectivity index (χ0v) is 20.9. The van der Waals surface area contributed by atoms with E-state index in [0.717, 1.165) is 17.5 Å². The molecule has 3 saturated carbocycles. The summed E-state index contributed by atoms with van der Waals surface area (Å²) >= 11 is 0. The van der Waals surface area contributed by atoms with Crippen LogP contribution in [-0.4, -0.2) is 37.3 Å². The van der Waals surface area contributed by atoms with E-state index in [4.69, 9.17) is 15.0 Å². The van der Waals surface area contributed by atoms with Crippen LogP contribution in [0.5, 0.6) is 0 Å². The molecule has 0 spiro atoms. The summed E-state index contributed by atoms with van der Waals surface area (Å²) in [5.41, 5.74) is 8.16. The fourth-order valence-electron chi connectivity index (χ4n) is 6.61. The Morgan fingerprint density at radius 1 is 1.09 bits per heavy atom. The van der Waals surface area contributed by atoms with E-state index in [1.54, 1.807) is 12.1 Å². The summed E-state index contributed by atoms with van der Waals surface area (Å²) in [6, 6.07) is 15.6. The van der Waals surface area contributed by atoms with Gasteiger partial charge >= 0.3 is 7.12 Å². The molecule has 2 bridgehead atoms. The Balaban J connectivity index is 1.28. The molecule has 4 aliphatic rings. The third-order valence-corrected chi connectivity index (χ3v) is 8.94. The zero-order chi connectivity index (χ0) is 24.8. The zero-order valence-electron chi connectivity index (χ0n) is 20.9. The molecule has 1 heterocycles. The topological polar surface area (TPSA) is 73.6 Å². The predicted molar refractivity (Wildman–Crippen MR) is 135 cm³/mol. The lowest BCUT2D eigenvalue weighted by molar-refractivity contribution is -0.199. The standard InChI is InChI=1S/C28H36BFN2O3/c1-27(2)20-15-24(27)28(3)25(16-20)34-29(35-28)21(13-19-9-11-22(30)12-10-19)17-32-26(33)23(31)14-18-7-5-4-6-8-18/h4-12,20-21,23-25H,13-17,31H2,1-3H3,(H,32,33). The number of amides is 1. The maximum atomic E-state index is 13.5. The van der Waals surface area contributed by atoms with Crippen molar-refractivity contribution in [1.82, 2.24) is 5.32 Å². The fourth-order valence-corrected chi connectivity index (χ4v) is 6.61. The molecule has 6 rings (SSSR count). The molecule has 1 saturated heterocycles. The molecule has 0 aromatic heterocycles. The SMILES string of the molecule is CC1(C)C2CC3OB(C(CNC(=O)C(N)Cc4ccccc4)Cc4ccc(F)cc4)OC3(C)C1C2. The van der Waals surface area contributed by atoms with Crippen LogP contribution in [0.15, 0.2) is 54.6 Å². The van der Waals surface area contributed by atoms with Gasteiger partial charge in [0.25, 0.3) is 0 Å². The van der Waals surface area contributed by atoms with Gasteiger partial charge in [-0.1, -0.05) is 56.3 Å². The van der Waals surface area contributed by atoms with Crippen molar-refractivity contribution in [3.05, 3.63) is 71.5 Å². The molecule has 2 aromatic carbocycles. The van der Waals surface area contributed by atoms with Crippen LogP contribution in [0.4, 0.5) is 4.39 Å². The van der Waals surface area contributed by atoms with E-state index in [0.29, 0.717) is 31.2 Å². The van der Waals surface area contributed by atoms with Crippen molar-refractivity contribution in [2.45, 2.75) is 70.0 Å². The Kier molecular flexibility index (Phi) is 6.53. The highest BCUT2D eigenvalue weighted by Gasteiger charge is 2.68. The van der Waals surface area contributed by atoms with Gasteiger partial charge in [-0.3, -0.25) is 4.79 Å². The first-order valence-electron chi connectivity index (χ1n) is 12.8. The van der Waals surface area contributed by atoms with E-state index in [9.17, 15) is 9.18 Å². The number of benzene rings is 2. The van der Waals surface area contributed by atoms with Crippen LogP contribution in [0.25, 0.3) is 0 Å². The van der Waals surface area contributed by atoms with E-state index in [1.165, 1.54) is 18.6 Å². The second-order valence-corrected chi connectivity index (χ2v) is 11.5. The number of nitrogens with one attached hydrogen (secondary N) is 1. The smallest absolute Gasteiger partial charge is 0.405 e. The first-order chi connectivity index (χ1) is 16.7. The summed E-state index contributed by atoms with van der Waals surface area (Å²) in [6.07, 6.45) is 3.34. The Morgan fingerprint density at radius 3 is 2.46 bits per heavy atom. The summed E-state index contributed by atoms with van der Waals surface area (Å²) < 4.78 is 26.7. The molecule has 7 heteroatoms. The third-order valence-electron chi connectivity index (χ3n) is 8.94. The molecule has 1 amide bonds. The average Bonchev–Trinajstić information content (AvgIpc) is 3.20. The van der Waals surface area contributed by atoms with Crippen LogP contribution in [0.3, 0.4) is 0 Å².